The van der Waals surface area contributed by atoms with E-state index in [1.54, 1.807) is 5.32 Å². The van der Waals surface area contributed by atoms with E-state index in [1.807, 2.05) is 30.3 Å². The summed E-state index contributed by atoms with van der Waals surface area (Å²) in [5.41, 5.74) is 0.758. The van der Waals surface area contributed by atoms with Crippen LogP contribution in [-0.4, -0.2) is 73.5 Å². The molecule has 2 aliphatic rings. The van der Waals surface area contributed by atoms with Gasteiger partial charge < -0.3 is 34.7 Å². The number of carbonyl (C=O) groups excluding carboxylic acids is 2. The molecule has 1 aromatic rings. The fourth-order valence-corrected chi connectivity index (χ4v) is 3.48. The number of fused-ring (bicyclic) bond motifs is 1. The van der Waals surface area contributed by atoms with Crippen molar-refractivity contribution in [1.29, 1.82) is 0 Å². The highest BCUT2D eigenvalue weighted by molar-refractivity contribution is 5.81. The number of benzene rings is 1. The van der Waals surface area contributed by atoms with Crippen LogP contribution in [0.2, 0.25) is 0 Å². The molecule has 3 N–H and O–H groups in total. The third-order valence-corrected chi connectivity index (χ3v) is 4.95. The topological polar surface area (TPSA) is 115 Å². The van der Waals surface area contributed by atoms with E-state index in [4.69, 9.17) is 18.9 Å². The lowest BCUT2D eigenvalue weighted by Gasteiger charge is -2.47. The summed E-state index contributed by atoms with van der Waals surface area (Å²) in [4.78, 5) is 22.5. The number of aliphatic hydroxyl groups excluding tert-OH is 1. The Morgan fingerprint density at radius 2 is 1.94 bits per heavy atom. The van der Waals surface area contributed by atoms with E-state index in [9.17, 15) is 27.9 Å². The number of halogens is 3. The lowest BCUT2D eigenvalue weighted by Crippen LogP contribution is -2.66. The van der Waals surface area contributed by atoms with Crippen LogP contribution in [-0.2, 0) is 28.5 Å². The summed E-state index contributed by atoms with van der Waals surface area (Å²) in [6.45, 7) is 1.00. The van der Waals surface area contributed by atoms with Crippen molar-refractivity contribution in [3.8, 4) is 0 Å². The van der Waals surface area contributed by atoms with Crippen molar-refractivity contribution >= 4 is 11.8 Å². The van der Waals surface area contributed by atoms with E-state index in [0.717, 1.165) is 5.56 Å². The van der Waals surface area contributed by atoms with Crippen LogP contribution in [0.3, 0.4) is 0 Å². The molecule has 32 heavy (non-hydrogen) atoms. The van der Waals surface area contributed by atoms with Crippen molar-refractivity contribution in [2.75, 3.05) is 19.8 Å². The summed E-state index contributed by atoms with van der Waals surface area (Å²) in [5, 5.41) is 15.2. The second-order valence-electron chi connectivity index (χ2n) is 7.41. The van der Waals surface area contributed by atoms with Crippen LogP contribution in [0.1, 0.15) is 25.2 Å². The lowest BCUT2D eigenvalue weighted by molar-refractivity contribution is -0.344. The summed E-state index contributed by atoms with van der Waals surface area (Å²) in [6.07, 6.45) is -9.40. The Balaban J connectivity index is 1.57. The predicted octanol–water partition coefficient (Wildman–Crippen LogP) is 0.776. The molecule has 6 atom stereocenters. The standard InChI is InChI=1S/C20H25F3N2O7/c1-11(26)25-14-15(27)16-13(10-30-17(32-16)12-6-3-2-4-7-12)31-18(14)29-9-5-8-24-19(28)20(21,22)23/h2-4,6-7,13-18,27H,5,8-10H2,1H3,(H,24,28)(H,25,26)/t13?,14?,15-,16-,17?,18-/m1/s1. The highest BCUT2D eigenvalue weighted by Crippen LogP contribution is 2.34. The van der Waals surface area contributed by atoms with Gasteiger partial charge in [-0.1, -0.05) is 30.3 Å². The van der Waals surface area contributed by atoms with E-state index in [2.05, 4.69) is 5.32 Å². The van der Waals surface area contributed by atoms with Gasteiger partial charge in [-0.3, -0.25) is 9.59 Å². The minimum atomic E-state index is -4.96. The highest BCUT2D eigenvalue weighted by Gasteiger charge is 2.50. The quantitative estimate of drug-likeness (QED) is 0.513. The van der Waals surface area contributed by atoms with Crippen LogP contribution in [0.15, 0.2) is 30.3 Å². The minimum absolute atomic E-state index is 0.0573. The van der Waals surface area contributed by atoms with Crippen molar-refractivity contribution in [2.24, 2.45) is 0 Å². The van der Waals surface area contributed by atoms with Gasteiger partial charge in [0.15, 0.2) is 12.6 Å². The SMILES string of the molecule is CC(=O)NC1[C@H](OCCCNC(=O)C(F)(F)F)OC2COC(c3ccccc3)O[C@H]2[C@@H]1O. The number of alkyl halides is 3. The molecule has 0 saturated carbocycles. The molecule has 2 fully saturated rings. The normalized spacial score (nSPS) is 30.3. The van der Waals surface area contributed by atoms with Crippen molar-refractivity contribution in [1.82, 2.24) is 10.6 Å². The van der Waals surface area contributed by atoms with Crippen LogP contribution in [0.5, 0.6) is 0 Å². The number of nitrogens with one attached hydrogen (secondary N) is 2. The molecule has 3 unspecified atom stereocenters. The molecule has 2 aliphatic heterocycles. The van der Waals surface area contributed by atoms with Gasteiger partial charge >= 0.3 is 12.1 Å². The summed E-state index contributed by atoms with van der Waals surface area (Å²) >= 11 is 0. The van der Waals surface area contributed by atoms with Crippen LogP contribution in [0, 0.1) is 0 Å². The van der Waals surface area contributed by atoms with Gasteiger partial charge in [0.25, 0.3) is 0 Å². The highest BCUT2D eigenvalue weighted by atomic mass is 19.4. The number of hydrogen-bond donors (Lipinski definition) is 3. The first-order valence-electron chi connectivity index (χ1n) is 10.1. The second-order valence-corrected chi connectivity index (χ2v) is 7.41. The molecule has 1 aromatic carbocycles. The third kappa shape index (κ3) is 6.17. The Morgan fingerprint density at radius 1 is 1.22 bits per heavy atom. The lowest BCUT2D eigenvalue weighted by atomic mass is 9.95. The number of amides is 2. The van der Waals surface area contributed by atoms with Crippen LogP contribution in [0.4, 0.5) is 13.2 Å². The molecule has 2 amide bonds. The van der Waals surface area contributed by atoms with Gasteiger partial charge in [0.1, 0.15) is 24.4 Å². The second kappa shape index (κ2) is 10.6. The van der Waals surface area contributed by atoms with Gasteiger partial charge in [-0.15, -0.1) is 0 Å². The van der Waals surface area contributed by atoms with Gasteiger partial charge in [-0.25, -0.2) is 0 Å². The molecule has 3 rings (SSSR count). The average molecular weight is 462 g/mol. The molecule has 2 heterocycles. The zero-order valence-electron chi connectivity index (χ0n) is 17.2. The Hall–Kier alpha value is -2.25. The molecule has 0 aromatic heterocycles. The fraction of sp³-hybridized carbons (Fsp3) is 0.600. The number of aliphatic hydroxyl groups is 1. The maximum absolute atomic E-state index is 12.2. The molecule has 9 nitrogen and oxygen atoms in total. The van der Waals surface area contributed by atoms with Crippen LogP contribution < -0.4 is 10.6 Å². The van der Waals surface area contributed by atoms with Crippen LogP contribution in [0.25, 0.3) is 0 Å². The van der Waals surface area contributed by atoms with Crippen molar-refractivity contribution < 1.29 is 46.8 Å². The van der Waals surface area contributed by atoms with E-state index < -0.39 is 54.9 Å². The fourth-order valence-electron chi connectivity index (χ4n) is 3.48. The first-order valence-corrected chi connectivity index (χ1v) is 10.1. The van der Waals surface area contributed by atoms with Crippen molar-refractivity contribution in [2.45, 2.75) is 56.5 Å². The average Bonchev–Trinajstić information content (AvgIpc) is 2.75. The number of ether oxygens (including phenoxy) is 4. The van der Waals surface area contributed by atoms with E-state index >= 15 is 0 Å². The first kappa shape index (κ1) is 24.4. The third-order valence-electron chi connectivity index (χ3n) is 4.95. The number of carbonyl (C=O) groups is 2. The molecule has 178 valence electrons. The number of hydrogen-bond acceptors (Lipinski definition) is 7. The molecule has 0 aliphatic carbocycles. The minimum Gasteiger partial charge on any atom is -0.388 e. The monoisotopic (exact) mass is 462 g/mol. The molecule has 0 radical (unpaired) electrons. The first-order chi connectivity index (χ1) is 15.2. The summed E-state index contributed by atoms with van der Waals surface area (Å²) in [5.74, 6) is -2.47. The predicted molar refractivity (Wildman–Crippen MR) is 102 cm³/mol. The molecular weight excluding hydrogens is 437 g/mol. The molecule has 0 spiro atoms. The maximum Gasteiger partial charge on any atom is 0.471 e. The van der Waals surface area contributed by atoms with Crippen LogP contribution >= 0.6 is 0 Å². The van der Waals surface area contributed by atoms with E-state index in [1.165, 1.54) is 6.92 Å². The van der Waals surface area contributed by atoms with E-state index in [0.29, 0.717) is 0 Å². The Kier molecular flexibility index (Phi) is 8.06. The number of rotatable bonds is 7. The Bertz CT molecular complexity index is 780. The van der Waals surface area contributed by atoms with Gasteiger partial charge in [-0.2, -0.15) is 13.2 Å². The van der Waals surface area contributed by atoms with E-state index in [-0.39, 0.29) is 26.2 Å². The van der Waals surface area contributed by atoms with Gasteiger partial charge in [0.05, 0.1) is 13.2 Å². The summed E-state index contributed by atoms with van der Waals surface area (Å²) in [6, 6.07) is 8.14. The molecule has 2 saturated heterocycles. The summed E-state index contributed by atoms with van der Waals surface area (Å²) < 4.78 is 59.6. The van der Waals surface area contributed by atoms with Gasteiger partial charge in [-0.05, 0) is 6.42 Å². The van der Waals surface area contributed by atoms with Gasteiger partial charge in [0, 0.05) is 19.0 Å². The zero-order chi connectivity index (χ0) is 23.3. The van der Waals surface area contributed by atoms with Crippen molar-refractivity contribution in [3.05, 3.63) is 35.9 Å². The molecule has 12 heteroatoms. The molecule has 0 bridgehead atoms. The zero-order valence-corrected chi connectivity index (χ0v) is 17.2. The Labute approximate surface area is 182 Å². The van der Waals surface area contributed by atoms with Crippen molar-refractivity contribution in [3.63, 3.8) is 0 Å². The largest absolute Gasteiger partial charge is 0.471 e. The maximum atomic E-state index is 12.2. The summed E-state index contributed by atoms with van der Waals surface area (Å²) in [7, 11) is 0. The smallest absolute Gasteiger partial charge is 0.388 e. The Morgan fingerprint density at radius 3 is 2.59 bits per heavy atom. The van der Waals surface area contributed by atoms with Gasteiger partial charge in [0.2, 0.25) is 5.91 Å². The molecular formula is C20H25F3N2O7.